The Balaban J connectivity index is 0.00000484. The van der Waals surface area contributed by atoms with Gasteiger partial charge in [0.2, 0.25) is 5.91 Å². The molecule has 1 saturated heterocycles. The van der Waals surface area contributed by atoms with Crippen LogP contribution in [-0.4, -0.2) is 62.0 Å². The predicted molar refractivity (Wildman–Crippen MR) is 162 cm³/mol. The molecule has 10 heteroatoms. The number of piperidine rings is 1. The standard InChI is InChI=1S/C32H38ClN3O5.HI/c1-36(2)16-14-25(15-17-36)41-32(39)35-28-18-22(12-13-26(28)23-9-5-4-6-10-23)8-7-11-31(38)34-29-20-30(40-3)24(21-37)19-27(29)33;/h4-6,9-10,12-13,18-20,25,37H,7-8,11,14-17,21H2,1-3H3,(H-,34,35,38,39);1H. The van der Waals surface area contributed by atoms with Crippen LogP contribution in [0.25, 0.3) is 11.1 Å². The van der Waals surface area contributed by atoms with Gasteiger partial charge in [0.1, 0.15) is 11.9 Å². The maximum Gasteiger partial charge on any atom is 0.411 e. The molecular formula is C32H39ClIN3O5. The third-order valence-corrected chi connectivity index (χ3v) is 7.79. The Morgan fingerprint density at radius 3 is 2.38 bits per heavy atom. The highest BCUT2D eigenvalue weighted by atomic mass is 127. The first-order valence-electron chi connectivity index (χ1n) is 13.9. The second-order valence-corrected chi connectivity index (χ2v) is 11.5. The quantitative estimate of drug-likeness (QED) is 0.222. The molecule has 1 aliphatic heterocycles. The van der Waals surface area contributed by atoms with Crippen LogP contribution in [0.2, 0.25) is 5.02 Å². The van der Waals surface area contributed by atoms with Crippen LogP contribution < -0.4 is 39.3 Å². The van der Waals surface area contributed by atoms with E-state index < -0.39 is 6.09 Å². The van der Waals surface area contributed by atoms with Gasteiger partial charge in [-0.25, -0.2) is 4.79 Å². The zero-order valence-electron chi connectivity index (χ0n) is 24.3. The molecule has 8 nitrogen and oxygen atoms in total. The van der Waals surface area contributed by atoms with Gasteiger partial charge in [0.15, 0.2) is 0 Å². The molecule has 0 aliphatic carbocycles. The minimum atomic E-state index is -0.449. The summed E-state index contributed by atoms with van der Waals surface area (Å²) in [6.45, 7) is 1.74. The van der Waals surface area contributed by atoms with Crippen molar-refractivity contribution in [2.24, 2.45) is 0 Å². The van der Waals surface area contributed by atoms with Gasteiger partial charge in [0, 0.05) is 36.5 Å². The molecule has 226 valence electrons. The SMILES string of the molecule is COc1cc(NC(=O)CCCc2ccc(-c3ccccc3)c(NC(=O)OC3CC[N+](C)(C)CC3)c2)c(Cl)cc1CO.[I-]. The number of quaternary nitrogens is 1. The van der Waals surface area contributed by atoms with Crippen LogP contribution in [0.4, 0.5) is 16.2 Å². The van der Waals surface area contributed by atoms with Crippen molar-refractivity contribution >= 4 is 35.0 Å². The van der Waals surface area contributed by atoms with Crippen LogP contribution in [-0.2, 0) is 22.6 Å². The first-order chi connectivity index (χ1) is 19.7. The van der Waals surface area contributed by atoms with Gasteiger partial charge in [-0.3, -0.25) is 10.1 Å². The lowest BCUT2D eigenvalue weighted by atomic mass is 9.99. The molecular weight excluding hydrogens is 669 g/mol. The van der Waals surface area contributed by atoms with E-state index in [1.165, 1.54) is 7.11 Å². The normalized spacial score (nSPS) is 14.4. The van der Waals surface area contributed by atoms with Crippen LogP contribution in [0, 0.1) is 0 Å². The third kappa shape index (κ3) is 9.32. The van der Waals surface area contributed by atoms with Gasteiger partial charge in [0.25, 0.3) is 0 Å². The van der Waals surface area contributed by atoms with Gasteiger partial charge in [-0.15, -0.1) is 0 Å². The van der Waals surface area contributed by atoms with Gasteiger partial charge in [-0.1, -0.05) is 54.1 Å². The number of ether oxygens (including phenoxy) is 2. The predicted octanol–water partition coefficient (Wildman–Crippen LogP) is 3.26. The maximum atomic E-state index is 12.9. The summed E-state index contributed by atoms with van der Waals surface area (Å²) in [4.78, 5) is 25.6. The lowest BCUT2D eigenvalue weighted by molar-refractivity contribution is -0.896. The summed E-state index contributed by atoms with van der Waals surface area (Å²) in [5.41, 5.74) is 4.55. The Morgan fingerprint density at radius 1 is 1.00 bits per heavy atom. The maximum absolute atomic E-state index is 12.9. The molecule has 0 atom stereocenters. The third-order valence-electron chi connectivity index (χ3n) is 7.48. The van der Waals surface area contributed by atoms with Crippen molar-refractivity contribution in [1.29, 1.82) is 0 Å². The number of carbonyl (C=O) groups is 2. The van der Waals surface area contributed by atoms with Crippen molar-refractivity contribution in [2.75, 3.05) is 44.9 Å². The second kappa shape index (κ2) is 15.6. The average Bonchev–Trinajstić information content (AvgIpc) is 2.95. The van der Waals surface area contributed by atoms with E-state index in [0.717, 1.165) is 47.1 Å². The summed E-state index contributed by atoms with van der Waals surface area (Å²) in [6.07, 6.45) is 2.67. The summed E-state index contributed by atoms with van der Waals surface area (Å²) >= 11 is 6.28. The number of methoxy groups -OCH3 is 1. The van der Waals surface area contributed by atoms with Crippen molar-refractivity contribution in [3.8, 4) is 16.9 Å². The number of nitrogens with one attached hydrogen (secondary N) is 2. The largest absolute Gasteiger partial charge is 1.00 e. The zero-order valence-corrected chi connectivity index (χ0v) is 27.2. The fourth-order valence-corrected chi connectivity index (χ4v) is 5.27. The number of aryl methyl sites for hydroxylation is 1. The second-order valence-electron chi connectivity index (χ2n) is 11.1. The van der Waals surface area contributed by atoms with Gasteiger partial charge >= 0.3 is 6.09 Å². The van der Waals surface area contributed by atoms with Crippen molar-refractivity contribution in [3.63, 3.8) is 0 Å². The number of likely N-dealkylation sites (tertiary alicyclic amines) is 1. The summed E-state index contributed by atoms with van der Waals surface area (Å²) < 4.78 is 12.0. The Kier molecular flexibility index (Phi) is 12.5. The van der Waals surface area contributed by atoms with Gasteiger partial charge in [-0.2, -0.15) is 0 Å². The molecule has 0 aromatic heterocycles. The van der Waals surface area contributed by atoms with E-state index in [1.54, 1.807) is 12.1 Å². The lowest BCUT2D eigenvalue weighted by Gasteiger charge is -2.36. The number of carbonyl (C=O) groups excluding carboxylic acids is 2. The number of rotatable bonds is 10. The Labute approximate surface area is 270 Å². The van der Waals surface area contributed by atoms with E-state index in [9.17, 15) is 14.7 Å². The number of anilines is 2. The lowest BCUT2D eigenvalue weighted by Crippen LogP contribution is -3.00. The number of hydrogen-bond donors (Lipinski definition) is 3. The molecule has 1 fully saturated rings. The highest BCUT2D eigenvalue weighted by molar-refractivity contribution is 6.33. The number of halogens is 2. The van der Waals surface area contributed by atoms with Crippen LogP contribution >= 0.6 is 11.6 Å². The summed E-state index contributed by atoms with van der Waals surface area (Å²) in [5, 5.41) is 15.6. The smallest absolute Gasteiger partial charge is 0.411 e. The van der Waals surface area contributed by atoms with Gasteiger partial charge in [-0.05, 0) is 36.1 Å². The topological polar surface area (TPSA) is 96.9 Å². The zero-order chi connectivity index (χ0) is 29.4. The van der Waals surface area contributed by atoms with Crippen LogP contribution in [0.15, 0.2) is 60.7 Å². The first-order valence-corrected chi connectivity index (χ1v) is 14.3. The molecule has 0 radical (unpaired) electrons. The highest BCUT2D eigenvalue weighted by Crippen LogP contribution is 2.32. The Hall–Kier alpha value is -2.86. The average molecular weight is 708 g/mol. The molecule has 42 heavy (non-hydrogen) atoms. The fourth-order valence-electron chi connectivity index (χ4n) is 5.04. The molecule has 2 amide bonds. The van der Waals surface area contributed by atoms with Crippen LogP contribution in [0.1, 0.15) is 36.8 Å². The number of aliphatic hydroxyl groups excluding tert-OH is 1. The van der Waals surface area contributed by atoms with Gasteiger partial charge < -0.3 is 48.4 Å². The van der Waals surface area contributed by atoms with Crippen molar-refractivity contribution in [2.45, 2.75) is 44.8 Å². The Morgan fingerprint density at radius 2 is 1.71 bits per heavy atom. The van der Waals surface area contributed by atoms with Crippen molar-refractivity contribution < 1.29 is 52.6 Å². The van der Waals surface area contributed by atoms with E-state index in [2.05, 4.69) is 24.7 Å². The molecule has 3 aromatic carbocycles. The Bertz CT molecular complexity index is 1360. The number of benzene rings is 3. The van der Waals surface area contributed by atoms with E-state index in [0.29, 0.717) is 40.6 Å². The number of amides is 2. The van der Waals surface area contributed by atoms with E-state index >= 15 is 0 Å². The van der Waals surface area contributed by atoms with Crippen molar-refractivity contribution in [3.05, 3.63) is 76.8 Å². The van der Waals surface area contributed by atoms with E-state index in [1.807, 2.05) is 48.5 Å². The van der Waals surface area contributed by atoms with Crippen LogP contribution in [0.5, 0.6) is 5.75 Å². The molecule has 3 aromatic rings. The summed E-state index contributed by atoms with van der Waals surface area (Å²) in [7, 11) is 5.88. The molecule has 0 unspecified atom stereocenters. The molecule has 4 rings (SSSR count). The summed E-state index contributed by atoms with van der Waals surface area (Å²) in [5.74, 6) is 0.276. The molecule has 0 saturated carbocycles. The molecule has 0 spiro atoms. The monoisotopic (exact) mass is 707 g/mol. The molecule has 0 bridgehead atoms. The summed E-state index contributed by atoms with van der Waals surface area (Å²) in [6, 6.07) is 19.1. The number of hydrogen-bond acceptors (Lipinski definition) is 5. The number of aliphatic hydroxyl groups is 1. The minimum absolute atomic E-state index is 0. The van der Waals surface area contributed by atoms with E-state index in [4.69, 9.17) is 21.1 Å². The number of nitrogens with zero attached hydrogens (tertiary/aromatic N) is 1. The highest BCUT2D eigenvalue weighted by Gasteiger charge is 2.28. The van der Waals surface area contributed by atoms with Crippen molar-refractivity contribution in [1.82, 2.24) is 0 Å². The fraction of sp³-hybridized carbons (Fsp3) is 0.375. The molecule has 3 N–H and O–H groups in total. The molecule has 1 heterocycles. The minimum Gasteiger partial charge on any atom is -1.00 e. The van der Waals surface area contributed by atoms with Gasteiger partial charge in [0.05, 0.1) is 57.3 Å². The van der Waals surface area contributed by atoms with E-state index in [-0.39, 0.29) is 49.0 Å². The first kappa shape index (κ1) is 33.6. The molecule has 1 aliphatic rings. The van der Waals surface area contributed by atoms with Crippen LogP contribution in [0.3, 0.4) is 0 Å².